The second-order valence-electron chi connectivity index (χ2n) is 7.84. The Morgan fingerprint density at radius 2 is 1.97 bits per heavy atom. The third kappa shape index (κ3) is 5.19. The molecule has 4 N–H and O–H groups in total. The minimum atomic E-state index is -0.584. The van der Waals surface area contributed by atoms with Crippen LogP contribution in [0.1, 0.15) is 37.0 Å². The first kappa shape index (κ1) is 21.8. The van der Waals surface area contributed by atoms with Gasteiger partial charge in [0.15, 0.2) is 0 Å². The van der Waals surface area contributed by atoms with Gasteiger partial charge in [0.2, 0.25) is 6.41 Å². The zero-order valence-corrected chi connectivity index (χ0v) is 17.8. The Morgan fingerprint density at radius 1 is 1.19 bits per heavy atom. The molecule has 0 unspecified atom stereocenters. The molecule has 0 radical (unpaired) electrons. The molecule has 0 saturated heterocycles. The number of alkyl carbamates (subject to hydrolysis) is 1. The van der Waals surface area contributed by atoms with Crippen molar-refractivity contribution in [3.8, 4) is 11.1 Å². The van der Waals surface area contributed by atoms with E-state index in [-0.39, 0.29) is 12.5 Å². The number of benzene rings is 2. The van der Waals surface area contributed by atoms with Crippen LogP contribution in [0.5, 0.6) is 0 Å². The number of imidazole rings is 1. The minimum absolute atomic E-state index is 0.177. The summed E-state index contributed by atoms with van der Waals surface area (Å²) in [6, 6.07) is 10.8. The highest BCUT2D eigenvalue weighted by Gasteiger charge is 2.17. The molecule has 3 rings (SSSR count). The first-order valence-corrected chi connectivity index (χ1v) is 9.73. The second kappa shape index (κ2) is 8.86. The van der Waals surface area contributed by atoms with E-state index >= 15 is 0 Å². The molecule has 0 aliphatic rings. The highest BCUT2D eigenvalue weighted by Crippen LogP contribution is 2.30. The molecule has 0 atom stereocenters. The van der Waals surface area contributed by atoms with Gasteiger partial charge in [-0.15, -0.1) is 0 Å². The van der Waals surface area contributed by atoms with Gasteiger partial charge in [-0.05, 0) is 44.5 Å². The van der Waals surface area contributed by atoms with E-state index in [1.807, 2.05) is 18.2 Å². The third-order valence-corrected chi connectivity index (χ3v) is 4.38. The van der Waals surface area contributed by atoms with Crippen LogP contribution in [-0.2, 0) is 16.1 Å². The number of H-pyrrole nitrogens is 1. The molecule has 9 nitrogen and oxygen atoms in total. The average Bonchev–Trinajstić information content (AvgIpc) is 3.14. The van der Waals surface area contributed by atoms with Gasteiger partial charge in [-0.3, -0.25) is 9.59 Å². The van der Waals surface area contributed by atoms with Gasteiger partial charge in [0.25, 0.3) is 5.91 Å². The number of nitrogens with one attached hydrogen (secondary N) is 4. The van der Waals surface area contributed by atoms with Crippen molar-refractivity contribution in [2.24, 2.45) is 0 Å². The summed E-state index contributed by atoms with van der Waals surface area (Å²) in [5, 5.41) is 7.81. The summed E-state index contributed by atoms with van der Waals surface area (Å²) >= 11 is 0. The van der Waals surface area contributed by atoms with Gasteiger partial charge in [-0.2, -0.15) is 0 Å². The lowest BCUT2D eigenvalue weighted by molar-refractivity contribution is -0.105. The number of aromatic nitrogens is 2. The first-order chi connectivity index (χ1) is 14.7. The van der Waals surface area contributed by atoms with Crippen LogP contribution >= 0.6 is 0 Å². The molecule has 162 valence electrons. The summed E-state index contributed by atoms with van der Waals surface area (Å²) in [7, 11) is 1.53. The number of carbonyl (C=O) groups is 3. The number of ether oxygens (including phenoxy) is 1. The van der Waals surface area contributed by atoms with E-state index in [1.54, 1.807) is 39.0 Å². The zero-order chi connectivity index (χ0) is 22.6. The SMILES string of the molecule is CNC(=O)c1ccc(-c2cccc3[nH]c(CNC(=O)OC(C)(C)C)nc23)cc1NC=O. The fourth-order valence-electron chi connectivity index (χ4n) is 3.10. The van der Waals surface area contributed by atoms with Gasteiger partial charge >= 0.3 is 6.09 Å². The van der Waals surface area contributed by atoms with E-state index in [9.17, 15) is 14.4 Å². The van der Waals surface area contributed by atoms with Crippen LogP contribution in [0.25, 0.3) is 22.2 Å². The summed E-state index contributed by atoms with van der Waals surface area (Å²) in [4.78, 5) is 42.8. The van der Waals surface area contributed by atoms with Crippen LogP contribution in [0.2, 0.25) is 0 Å². The predicted octanol–water partition coefficient (Wildman–Crippen LogP) is 3.18. The number of aromatic amines is 1. The standard InChI is InChI=1S/C22H25N5O4/c1-22(2,3)31-21(30)24-11-18-26-16-7-5-6-14(19(16)27-18)13-8-9-15(20(29)23-4)17(10-13)25-12-28/h5-10,12H,11H2,1-4H3,(H,23,29)(H,24,30)(H,25,28)(H,26,27). The number of hydrogen-bond acceptors (Lipinski definition) is 5. The number of anilines is 1. The molecule has 0 aliphatic carbocycles. The normalized spacial score (nSPS) is 11.1. The number of amides is 3. The van der Waals surface area contributed by atoms with E-state index in [2.05, 4.69) is 25.9 Å². The monoisotopic (exact) mass is 423 g/mol. The molecular weight excluding hydrogens is 398 g/mol. The van der Waals surface area contributed by atoms with Crippen molar-refractivity contribution < 1.29 is 19.1 Å². The molecular formula is C22H25N5O4. The maximum absolute atomic E-state index is 12.1. The summed E-state index contributed by atoms with van der Waals surface area (Å²) in [5.74, 6) is 0.269. The molecule has 0 aliphatic heterocycles. The highest BCUT2D eigenvalue weighted by atomic mass is 16.6. The zero-order valence-electron chi connectivity index (χ0n) is 17.8. The summed E-state index contributed by atoms with van der Waals surface area (Å²) < 4.78 is 5.24. The molecule has 1 heterocycles. The number of rotatable bonds is 6. The molecule has 0 spiro atoms. The van der Waals surface area contributed by atoms with Gasteiger partial charge in [0.05, 0.1) is 28.8 Å². The van der Waals surface area contributed by atoms with E-state index in [0.29, 0.717) is 29.0 Å². The predicted molar refractivity (Wildman–Crippen MR) is 118 cm³/mol. The molecule has 0 saturated carbocycles. The number of para-hydroxylation sites is 1. The Morgan fingerprint density at radius 3 is 2.65 bits per heavy atom. The van der Waals surface area contributed by atoms with E-state index in [1.165, 1.54) is 7.05 Å². The lowest BCUT2D eigenvalue weighted by Crippen LogP contribution is -2.32. The van der Waals surface area contributed by atoms with Crippen molar-refractivity contribution >= 4 is 35.1 Å². The summed E-state index contributed by atoms with van der Waals surface area (Å²) in [6.45, 7) is 5.56. The average molecular weight is 423 g/mol. The fraction of sp³-hybridized carbons (Fsp3) is 0.273. The first-order valence-electron chi connectivity index (χ1n) is 9.73. The number of carbonyl (C=O) groups excluding carboxylic acids is 3. The van der Waals surface area contributed by atoms with E-state index in [0.717, 1.165) is 16.6 Å². The summed E-state index contributed by atoms with van der Waals surface area (Å²) in [6.07, 6.45) is 0.00348. The molecule has 2 aromatic carbocycles. The largest absolute Gasteiger partial charge is 0.444 e. The van der Waals surface area contributed by atoms with Crippen LogP contribution in [0.4, 0.5) is 10.5 Å². The Kier molecular flexibility index (Phi) is 6.24. The van der Waals surface area contributed by atoms with E-state index < -0.39 is 11.7 Å². The quantitative estimate of drug-likeness (QED) is 0.453. The van der Waals surface area contributed by atoms with Crippen molar-refractivity contribution in [2.45, 2.75) is 32.9 Å². The van der Waals surface area contributed by atoms with Gasteiger partial charge in [0, 0.05) is 12.6 Å². The summed E-state index contributed by atoms with van der Waals surface area (Å²) in [5.41, 5.74) is 3.25. The number of nitrogens with zero attached hydrogens (tertiary/aromatic N) is 1. The highest BCUT2D eigenvalue weighted by molar-refractivity contribution is 6.03. The fourth-order valence-corrected chi connectivity index (χ4v) is 3.10. The van der Waals surface area contributed by atoms with Gasteiger partial charge in [-0.1, -0.05) is 18.2 Å². The van der Waals surface area contributed by atoms with Crippen LogP contribution in [0.15, 0.2) is 36.4 Å². The van der Waals surface area contributed by atoms with Crippen LogP contribution in [0, 0.1) is 0 Å². The van der Waals surface area contributed by atoms with Crippen LogP contribution < -0.4 is 16.0 Å². The van der Waals surface area contributed by atoms with Crippen LogP contribution in [0.3, 0.4) is 0 Å². The number of fused-ring (bicyclic) bond motifs is 1. The van der Waals surface area contributed by atoms with Crippen molar-refractivity contribution in [3.05, 3.63) is 47.8 Å². The van der Waals surface area contributed by atoms with Crippen LogP contribution in [-0.4, -0.2) is 41.0 Å². The maximum atomic E-state index is 12.1. The lowest BCUT2D eigenvalue weighted by atomic mass is 10.0. The molecule has 3 amide bonds. The van der Waals surface area contributed by atoms with Crippen molar-refractivity contribution in [3.63, 3.8) is 0 Å². The lowest BCUT2D eigenvalue weighted by Gasteiger charge is -2.19. The molecule has 9 heteroatoms. The molecule has 3 aromatic rings. The minimum Gasteiger partial charge on any atom is -0.444 e. The Balaban J connectivity index is 1.91. The number of hydrogen-bond donors (Lipinski definition) is 4. The van der Waals surface area contributed by atoms with E-state index in [4.69, 9.17) is 4.74 Å². The van der Waals surface area contributed by atoms with Gasteiger partial charge < -0.3 is 25.7 Å². The Bertz CT molecular complexity index is 1130. The molecule has 0 bridgehead atoms. The molecule has 0 fully saturated rings. The van der Waals surface area contributed by atoms with Crippen molar-refractivity contribution in [1.29, 1.82) is 0 Å². The smallest absolute Gasteiger partial charge is 0.408 e. The molecule has 31 heavy (non-hydrogen) atoms. The Hall–Kier alpha value is -3.88. The van der Waals surface area contributed by atoms with Crippen molar-refractivity contribution in [2.75, 3.05) is 12.4 Å². The second-order valence-corrected chi connectivity index (χ2v) is 7.84. The van der Waals surface area contributed by atoms with Gasteiger partial charge in [-0.25, -0.2) is 9.78 Å². The third-order valence-electron chi connectivity index (χ3n) is 4.38. The topological polar surface area (TPSA) is 125 Å². The molecule has 1 aromatic heterocycles. The Labute approximate surface area is 179 Å². The van der Waals surface area contributed by atoms with Gasteiger partial charge in [0.1, 0.15) is 11.4 Å². The van der Waals surface area contributed by atoms with Crippen molar-refractivity contribution in [1.82, 2.24) is 20.6 Å². The maximum Gasteiger partial charge on any atom is 0.408 e.